The minimum atomic E-state index is -3.45. The molecule has 0 spiro atoms. The van der Waals surface area contributed by atoms with Gasteiger partial charge in [0.2, 0.25) is 10.0 Å². The van der Waals surface area contributed by atoms with Crippen LogP contribution in [0.15, 0.2) is 36.3 Å². The largest absolute Gasteiger partial charge is 0.396 e. The molecule has 0 aromatic heterocycles. The van der Waals surface area contributed by atoms with Crippen LogP contribution in [0.25, 0.3) is 0 Å². The van der Waals surface area contributed by atoms with Gasteiger partial charge < -0.3 is 5.11 Å². The number of sulfonamides is 1. The minimum absolute atomic E-state index is 0.0395. The van der Waals surface area contributed by atoms with Crippen LogP contribution < -0.4 is 0 Å². The Kier molecular flexibility index (Phi) is 3.33. The Balaban J connectivity index is 2.43. The Labute approximate surface area is 101 Å². The van der Waals surface area contributed by atoms with Crippen LogP contribution in [0, 0.1) is 0 Å². The second-order valence-electron chi connectivity index (χ2n) is 3.98. The SMILES string of the molecule is C=CS(=O)(=O)N1Cc2ccccc2C1CCO. The van der Waals surface area contributed by atoms with E-state index in [0.29, 0.717) is 13.0 Å². The Hall–Kier alpha value is -1.17. The van der Waals surface area contributed by atoms with Gasteiger partial charge in [-0.25, -0.2) is 8.42 Å². The fourth-order valence-electron chi connectivity index (χ4n) is 2.22. The van der Waals surface area contributed by atoms with Gasteiger partial charge in [-0.05, 0) is 17.5 Å². The van der Waals surface area contributed by atoms with E-state index in [2.05, 4.69) is 6.58 Å². The molecule has 1 N–H and O–H groups in total. The number of hydrogen-bond donors (Lipinski definition) is 1. The average molecular weight is 253 g/mol. The first-order valence-electron chi connectivity index (χ1n) is 5.43. The average Bonchev–Trinajstić information content (AvgIpc) is 2.70. The Morgan fingerprint density at radius 2 is 2.18 bits per heavy atom. The minimum Gasteiger partial charge on any atom is -0.396 e. The summed E-state index contributed by atoms with van der Waals surface area (Å²) >= 11 is 0. The van der Waals surface area contributed by atoms with Gasteiger partial charge in [-0.15, -0.1) is 0 Å². The zero-order valence-corrected chi connectivity index (χ0v) is 10.2. The predicted octanol–water partition coefficient (Wildman–Crippen LogP) is 1.40. The van der Waals surface area contributed by atoms with Crippen molar-refractivity contribution in [3.8, 4) is 0 Å². The van der Waals surface area contributed by atoms with E-state index in [4.69, 9.17) is 5.11 Å². The summed E-state index contributed by atoms with van der Waals surface area (Å²) in [6.07, 6.45) is 0.407. The van der Waals surface area contributed by atoms with Crippen LogP contribution in [0.2, 0.25) is 0 Å². The highest BCUT2D eigenvalue weighted by atomic mass is 32.2. The zero-order valence-electron chi connectivity index (χ0n) is 9.41. The van der Waals surface area contributed by atoms with Crippen LogP contribution in [0.4, 0.5) is 0 Å². The Bertz CT molecular complexity index is 524. The molecule has 2 rings (SSSR count). The molecule has 0 amide bonds. The van der Waals surface area contributed by atoms with E-state index >= 15 is 0 Å². The normalized spacial score (nSPS) is 20.2. The second kappa shape index (κ2) is 4.60. The van der Waals surface area contributed by atoms with E-state index in [0.717, 1.165) is 16.5 Å². The van der Waals surface area contributed by atoms with Crippen molar-refractivity contribution in [2.45, 2.75) is 19.0 Å². The molecule has 0 saturated carbocycles. The fraction of sp³-hybridized carbons (Fsp3) is 0.333. The quantitative estimate of drug-likeness (QED) is 0.882. The molecule has 0 radical (unpaired) electrons. The van der Waals surface area contributed by atoms with Crippen molar-refractivity contribution >= 4 is 10.0 Å². The maximum Gasteiger partial charge on any atom is 0.236 e. The van der Waals surface area contributed by atoms with Gasteiger partial charge in [-0.3, -0.25) is 0 Å². The summed E-state index contributed by atoms with van der Waals surface area (Å²) in [7, 11) is -3.45. The van der Waals surface area contributed by atoms with Gasteiger partial charge >= 0.3 is 0 Å². The third kappa shape index (κ3) is 2.13. The summed E-state index contributed by atoms with van der Waals surface area (Å²) in [6, 6.07) is 7.32. The van der Waals surface area contributed by atoms with Crippen LogP contribution in [0.5, 0.6) is 0 Å². The maximum absolute atomic E-state index is 11.9. The molecule has 1 atom stereocenters. The molecule has 4 nitrogen and oxygen atoms in total. The zero-order chi connectivity index (χ0) is 12.5. The summed E-state index contributed by atoms with van der Waals surface area (Å²) in [4.78, 5) is 0. The molecular weight excluding hydrogens is 238 g/mol. The number of aliphatic hydroxyl groups is 1. The number of hydrogen-bond acceptors (Lipinski definition) is 3. The first-order chi connectivity index (χ1) is 8.10. The smallest absolute Gasteiger partial charge is 0.236 e. The van der Waals surface area contributed by atoms with Crippen LogP contribution in [-0.4, -0.2) is 24.4 Å². The molecule has 0 fully saturated rings. The molecular formula is C12H15NO3S. The summed E-state index contributed by atoms with van der Waals surface area (Å²) in [5.74, 6) is 0. The lowest BCUT2D eigenvalue weighted by molar-refractivity contribution is 0.236. The van der Waals surface area contributed by atoms with Crippen molar-refractivity contribution in [2.24, 2.45) is 0 Å². The summed E-state index contributed by atoms with van der Waals surface area (Å²) in [5.41, 5.74) is 1.98. The molecule has 1 unspecified atom stereocenters. The summed E-state index contributed by atoms with van der Waals surface area (Å²) in [5, 5.41) is 10.0. The number of aliphatic hydroxyl groups excluding tert-OH is 1. The monoisotopic (exact) mass is 253 g/mol. The van der Waals surface area contributed by atoms with Gasteiger partial charge in [0.1, 0.15) is 0 Å². The first kappa shape index (κ1) is 12.3. The van der Waals surface area contributed by atoms with E-state index in [1.807, 2.05) is 24.3 Å². The molecule has 1 aliphatic heterocycles. The number of nitrogens with zero attached hydrogens (tertiary/aromatic N) is 1. The lowest BCUT2D eigenvalue weighted by atomic mass is 10.0. The van der Waals surface area contributed by atoms with Crippen molar-refractivity contribution < 1.29 is 13.5 Å². The molecule has 1 heterocycles. The topological polar surface area (TPSA) is 57.6 Å². The first-order valence-corrected chi connectivity index (χ1v) is 6.93. The van der Waals surface area contributed by atoms with E-state index in [9.17, 15) is 8.42 Å². The van der Waals surface area contributed by atoms with Crippen LogP contribution in [0.1, 0.15) is 23.6 Å². The van der Waals surface area contributed by atoms with Crippen LogP contribution in [0.3, 0.4) is 0 Å². The Morgan fingerprint density at radius 3 is 2.82 bits per heavy atom. The van der Waals surface area contributed by atoms with Crippen molar-refractivity contribution in [1.29, 1.82) is 0 Å². The van der Waals surface area contributed by atoms with E-state index in [1.165, 1.54) is 4.31 Å². The Morgan fingerprint density at radius 1 is 1.47 bits per heavy atom. The van der Waals surface area contributed by atoms with Crippen LogP contribution >= 0.6 is 0 Å². The predicted molar refractivity (Wildman–Crippen MR) is 65.5 cm³/mol. The van der Waals surface area contributed by atoms with Crippen molar-refractivity contribution in [1.82, 2.24) is 4.31 Å². The molecule has 1 aliphatic rings. The van der Waals surface area contributed by atoms with Crippen molar-refractivity contribution in [3.05, 3.63) is 47.4 Å². The molecule has 17 heavy (non-hydrogen) atoms. The molecule has 1 aromatic rings. The molecule has 1 aromatic carbocycles. The molecule has 0 aliphatic carbocycles. The highest BCUT2D eigenvalue weighted by Crippen LogP contribution is 2.37. The van der Waals surface area contributed by atoms with Crippen molar-refractivity contribution in [3.63, 3.8) is 0 Å². The maximum atomic E-state index is 11.9. The van der Waals surface area contributed by atoms with Gasteiger partial charge in [-0.2, -0.15) is 4.31 Å². The third-order valence-electron chi connectivity index (χ3n) is 3.03. The molecule has 5 heteroatoms. The van der Waals surface area contributed by atoms with E-state index < -0.39 is 10.0 Å². The van der Waals surface area contributed by atoms with E-state index in [-0.39, 0.29) is 12.6 Å². The van der Waals surface area contributed by atoms with Gasteiger partial charge in [0.25, 0.3) is 0 Å². The third-order valence-corrected chi connectivity index (χ3v) is 4.49. The van der Waals surface area contributed by atoms with Crippen LogP contribution in [-0.2, 0) is 16.6 Å². The number of rotatable bonds is 4. The fourth-order valence-corrected chi connectivity index (χ4v) is 3.31. The number of fused-ring (bicyclic) bond motifs is 1. The van der Waals surface area contributed by atoms with Gasteiger partial charge in [0.15, 0.2) is 0 Å². The van der Waals surface area contributed by atoms with Gasteiger partial charge in [0, 0.05) is 18.6 Å². The highest BCUT2D eigenvalue weighted by Gasteiger charge is 2.35. The van der Waals surface area contributed by atoms with Gasteiger partial charge in [0.05, 0.1) is 6.04 Å². The molecule has 0 saturated heterocycles. The lowest BCUT2D eigenvalue weighted by Gasteiger charge is -2.22. The summed E-state index contributed by atoms with van der Waals surface area (Å²) in [6.45, 7) is 3.66. The summed E-state index contributed by atoms with van der Waals surface area (Å²) < 4.78 is 25.2. The number of benzene rings is 1. The van der Waals surface area contributed by atoms with Gasteiger partial charge in [-0.1, -0.05) is 30.8 Å². The second-order valence-corrected chi connectivity index (χ2v) is 5.82. The molecule has 0 bridgehead atoms. The van der Waals surface area contributed by atoms with E-state index in [1.54, 1.807) is 0 Å². The molecule has 92 valence electrons. The highest BCUT2D eigenvalue weighted by molar-refractivity contribution is 7.92. The standard InChI is InChI=1S/C12H15NO3S/c1-2-17(15,16)13-9-10-5-3-4-6-11(10)12(13)7-8-14/h2-6,12,14H,1,7-9H2. The lowest BCUT2D eigenvalue weighted by Crippen LogP contribution is -2.28. The van der Waals surface area contributed by atoms with Crippen molar-refractivity contribution in [2.75, 3.05) is 6.61 Å².